The Hall–Kier alpha value is -2.76. The summed E-state index contributed by atoms with van der Waals surface area (Å²) in [5, 5.41) is 5.32. The minimum atomic E-state index is -0.637. The SMILES string of the molecule is C=CCOC(=O)C1=C(C)NC(=O)N[C@@H]1c1ccccc1OC. The van der Waals surface area contributed by atoms with Gasteiger partial charge in [-0.05, 0) is 13.0 Å². The van der Waals surface area contributed by atoms with Crippen molar-refractivity contribution < 1.29 is 19.1 Å². The maximum Gasteiger partial charge on any atom is 0.338 e. The number of carbonyl (C=O) groups is 2. The fourth-order valence-corrected chi connectivity index (χ4v) is 2.31. The highest BCUT2D eigenvalue weighted by atomic mass is 16.5. The standard InChI is InChI=1S/C16H18N2O4/c1-4-9-22-15(19)13-10(2)17-16(20)18-14(13)11-7-5-6-8-12(11)21-3/h4-8,14H,1,9H2,2-3H3,(H2,17,18,20)/t14-/m1/s1. The van der Waals surface area contributed by atoms with E-state index in [1.54, 1.807) is 19.1 Å². The number of allylic oxidation sites excluding steroid dienone is 1. The van der Waals surface area contributed by atoms with E-state index in [2.05, 4.69) is 17.2 Å². The number of carbonyl (C=O) groups excluding carboxylic acids is 2. The van der Waals surface area contributed by atoms with Gasteiger partial charge in [0.05, 0.1) is 18.7 Å². The van der Waals surface area contributed by atoms with Crippen molar-refractivity contribution >= 4 is 12.0 Å². The molecular formula is C16H18N2O4. The predicted molar refractivity (Wildman–Crippen MR) is 81.3 cm³/mol. The highest BCUT2D eigenvalue weighted by molar-refractivity contribution is 5.95. The van der Waals surface area contributed by atoms with Crippen LogP contribution in [0.3, 0.4) is 0 Å². The van der Waals surface area contributed by atoms with Gasteiger partial charge in [-0.1, -0.05) is 30.9 Å². The first kappa shape index (κ1) is 15.6. The highest BCUT2D eigenvalue weighted by Gasteiger charge is 2.33. The van der Waals surface area contributed by atoms with Crippen molar-refractivity contribution in [3.63, 3.8) is 0 Å². The number of amides is 2. The van der Waals surface area contributed by atoms with Gasteiger partial charge in [-0.25, -0.2) is 9.59 Å². The normalized spacial score (nSPS) is 17.4. The third-order valence-corrected chi connectivity index (χ3v) is 3.27. The zero-order chi connectivity index (χ0) is 16.1. The van der Waals surface area contributed by atoms with Crippen LogP contribution in [0, 0.1) is 0 Å². The topological polar surface area (TPSA) is 76.7 Å². The van der Waals surface area contributed by atoms with Crippen LogP contribution in [-0.4, -0.2) is 25.7 Å². The number of esters is 1. The van der Waals surface area contributed by atoms with Crippen molar-refractivity contribution in [3.05, 3.63) is 53.8 Å². The molecule has 0 fully saturated rings. The molecule has 1 aliphatic heterocycles. The van der Waals surface area contributed by atoms with Gasteiger partial charge in [0.25, 0.3) is 0 Å². The molecule has 0 spiro atoms. The van der Waals surface area contributed by atoms with Crippen molar-refractivity contribution in [2.45, 2.75) is 13.0 Å². The minimum Gasteiger partial charge on any atom is -0.496 e. The first-order chi connectivity index (χ1) is 10.6. The zero-order valence-corrected chi connectivity index (χ0v) is 12.5. The van der Waals surface area contributed by atoms with Gasteiger partial charge in [0.15, 0.2) is 0 Å². The Morgan fingerprint density at radius 3 is 2.82 bits per heavy atom. The third-order valence-electron chi connectivity index (χ3n) is 3.27. The molecule has 0 unspecified atom stereocenters. The van der Waals surface area contributed by atoms with E-state index in [9.17, 15) is 9.59 Å². The van der Waals surface area contributed by atoms with Gasteiger partial charge < -0.3 is 20.1 Å². The van der Waals surface area contributed by atoms with Crippen LogP contribution in [0.5, 0.6) is 5.75 Å². The van der Waals surface area contributed by atoms with Crippen LogP contribution in [0.2, 0.25) is 0 Å². The predicted octanol–water partition coefficient (Wildman–Crippen LogP) is 2.05. The molecule has 1 atom stereocenters. The fourth-order valence-electron chi connectivity index (χ4n) is 2.31. The summed E-state index contributed by atoms with van der Waals surface area (Å²) in [6.07, 6.45) is 1.49. The van der Waals surface area contributed by atoms with Gasteiger partial charge in [0.2, 0.25) is 0 Å². The molecule has 0 saturated carbocycles. The highest BCUT2D eigenvalue weighted by Crippen LogP contribution is 2.33. The van der Waals surface area contributed by atoms with Crippen LogP contribution in [0.1, 0.15) is 18.5 Å². The summed E-state index contributed by atoms with van der Waals surface area (Å²) >= 11 is 0. The van der Waals surface area contributed by atoms with E-state index in [0.717, 1.165) is 0 Å². The van der Waals surface area contributed by atoms with Crippen LogP contribution in [0.4, 0.5) is 4.79 Å². The molecule has 6 nitrogen and oxygen atoms in total. The number of ether oxygens (including phenoxy) is 2. The molecule has 2 amide bonds. The second-order valence-corrected chi connectivity index (χ2v) is 4.70. The van der Waals surface area contributed by atoms with Crippen molar-refractivity contribution in [1.82, 2.24) is 10.6 Å². The number of methoxy groups -OCH3 is 1. The summed E-state index contributed by atoms with van der Waals surface area (Å²) in [6.45, 7) is 5.27. The average Bonchev–Trinajstić information content (AvgIpc) is 2.51. The third kappa shape index (κ3) is 3.11. The van der Waals surface area contributed by atoms with Crippen molar-refractivity contribution in [3.8, 4) is 5.75 Å². The molecule has 0 saturated heterocycles. The fraction of sp³-hybridized carbons (Fsp3) is 0.250. The zero-order valence-electron chi connectivity index (χ0n) is 12.5. The lowest BCUT2D eigenvalue weighted by Gasteiger charge is -2.28. The molecule has 1 heterocycles. The lowest BCUT2D eigenvalue weighted by molar-refractivity contribution is -0.138. The first-order valence-corrected chi connectivity index (χ1v) is 6.77. The summed E-state index contributed by atoms with van der Waals surface area (Å²) < 4.78 is 10.4. The molecule has 2 N–H and O–H groups in total. The second-order valence-electron chi connectivity index (χ2n) is 4.70. The lowest BCUT2D eigenvalue weighted by Crippen LogP contribution is -2.45. The van der Waals surface area contributed by atoms with Gasteiger partial charge in [-0.3, -0.25) is 0 Å². The summed E-state index contributed by atoms with van der Waals surface area (Å²) in [6, 6.07) is 6.18. The maximum atomic E-state index is 12.3. The van der Waals surface area contributed by atoms with E-state index >= 15 is 0 Å². The van der Waals surface area contributed by atoms with Gasteiger partial charge in [0, 0.05) is 11.3 Å². The van der Waals surface area contributed by atoms with E-state index in [1.807, 2.05) is 12.1 Å². The number of hydrogen-bond donors (Lipinski definition) is 2. The Balaban J connectivity index is 2.45. The summed E-state index contributed by atoms with van der Waals surface area (Å²) in [4.78, 5) is 24.1. The quantitative estimate of drug-likeness (QED) is 0.644. The molecule has 1 aromatic rings. The largest absolute Gasteiger partial charge is 0.496 e. The number of urea groups is 1. The Kier molecular flexibility index (Phi) is 4.83. The van der Waals surface area contributed by atoms with Crippen LogP contribution in [0.15, 0.2) is 48.2 Å². The summed E-state index contributed by atoms with van der Waals surface area (Å²) in [7, 11) is 1.54. The molecule has 22 heavy (non-hydrogen) atoms. The van der Waals surface area contributed by atoms with Gasteiger partial charge in [0.1, 0.15) is 12.4 Å². The Bertz CT molecular complexity index is 637. The molecule has 1 aromatic carbocycles. The van der Waals surface area contributed by atoms with Crippen LogP contribution in [-0.2, 0) is 9.53 Å². The Labute approximate surface area is 128 Å². The molecule has 116 valence electrons. The van der Waals surface area contributed by atoms with E-state index in [0.29, 0.717) is 22.6 Å². The van der Waals surface area contributed by atoms with E-state index in [-0.39, 0.29) is 12.6 Å². The van der Waals surface area contributed by atoms with Crippen LogP contribution < -0.4 is 15.4 Å². The number of rotatable bonds is 5. The Morgan fingerprint density at radius 2 is 2.14 bits per heavy atom. The number of benzene rings is 1. The molecular weight excluding hydrogens is 284 g/mol. The first-order valence-electron chi connectivity index (χ1n) is 6.77. The van der Waals surface area contributed by atoms with E-state index in [1.165, 1.54) is 13.2 Å². The van der Waals surface area contributed by atoms with Gasteiger partial charge in [-0.15, -0.1) is 0 Å². The summed E-state index contributed by atoms with van der Waals surface area (Å²) in [5.74, 6) is 0.0670. The number of nitrogens with one attached hydrogen (secondary N) is 2. The van der Waals surface area contributed by atoms with Crippen molar-refractivity contribution in [1.29, 1.82) is 0 Å². The maximum absolute atomic E-state index is 12.3. The second kappa shape index (κ2) is 6.80. The van der Waals surface area contributed by atoms with E-state index < -0.39 is 12.0 Å². The van der Waals surface area contributed by atoms with Crippen molar-refractivity contribution in [2.24, 2.45) is 0 Å². The smallest absolute Gasteiger partial charge is 0.338 e. The molecule has 0 radical (unpaired) electrons. The summed E-state index contributed by atoms with van der Waals surface area (Å²) in [5.41, 5.74) is 1.48. The Morgan fingerprint density at radius 1 is 1.41 bits per heavy atom. The number of hydrogen-bond acceptors (Lipinski definition) is 4. The molecule has 2 rings (SSSR count). The average molecular weight is 302 g/mol. The molecule has 0 aliphatic carbocycles. The van der Waals surface area contributed by atoms with Crippen LogP contribution in [0.25, 0.3) is 0 Å². The molecule has 6 heteroatoms. The minimum absolute atomic E-state index is 0.0994. The van der Waals surface area contributed by atoms with Crippen molar-refractivity contribution in [2.75, 3.05) is 13.7 Å². The molecule has 0 aromatic heterocycles. The van der Waals surface area contributed by atoms with E-state index in [4.69, 9.17) is 9.47 Å². The lowest BCUT2D eigenvalue weighted by atomic mass is 9.95. The number of para-hydroxylation sites is 1. The van der Waals surface area contributed by atoms with Gasteiger partial charge >= 0.3 is 12.0 Å². The molecule has 0 bridgehead atoms. The van der Waals surface area contributed by atoms with Crippen LogP contribution >= 0.6 is 0 Å². The van der Waals surface area contributed by atoms with Gasteiger partial charge in [-0.2, -0.15) is 0 Å². The molecule has 1 aliphatic rings. The monoisotopic (exact) mass is 302 g/mol.